The summed E-state index contributed by atoms with van der Waals surface area (Å²) in [5, 5.41) is 9.33. The van der Waals surface area contributed by atoms with Crippen molar-refractivity contribution in [3.63, 3.8) is 0 Å². The second kappa shape index (κ2) is 4.37. The minimum Gasteiger partial charge on any atom is -0.508 e. The Labute approximate surface area is 100 Å². The van der Waals surface area contributed by atoms with E-state index in [0.29, 0.717) is 12.3 Å². The fraction of sp³-hybridized carbons (Fsp3) is 0.417. The molecule has 2 rings (SSSR count). The van der Waals surface area contributed by atoms with Gasteiger partial charge in [0.1, 0.15) is 5.75 Å². The molecule has 0 bridgehead atoms. The minimum absolute atomic E-state index is 0.146. The van der Waals surface area contributed by atoms with Gasteiger partial charge in [0.15, 0.2) is 0 Å². The van der Waals surface area contributed by atoms with Gasteiger partial charge in [-0.3, -0.25) is 4.79 Å². The van der Waals surface area contributed by atoms with E-state index in [1.54, 1.807) is 23.1 Å². The first-order chi connectivity index (χ1) is 7.61. The Morgan fingerprint density at radius 3 is 2.88 bits per heavy atom. The van der Waals surface area contributed by atoms with Crippen LogP contribution in [0.2, 0.25) is 0 Å². The molecular weight excluding hydrogens is 222 g/mol. The van der Waals surface area contributed by atoms with Crippen molar-refractivity contribution in [2.24, 2.45) is 5.92 Å². The van der Waals surface area contributed by atoms with Crippen molar-refractivity contribution in [2.45, 2.75) is 13.3 Å². The lowest BCUT2D eigenvalue weighted by Crippen LogP contribution is -2.25. The summed E-state index contributed by atoms with van der Waals surface area (Å²) in [5.74, 6) is 1.45. The summed E-state index contributed by atoms with van der Waals surface area (Å²) < 4.78 is 0. The van der Waals surface area contributed by atoms with Crippen molar-refractivity contribution in [3.05, 3.63) is 23.8 Å². The van der Waals surface area contributed by atoms with Gasteiger partial charge in [-0.05, 0) is 42.4 Å². The van der Waals surface area contributed by atoms with Crippen molar-refractivity contribution >= 4 is 24.2 Å². The molecule has 0 radical (unpaired) electrons. The van der Waals surface area contributed by atoms with Crippen LogP contribution in [0.15, 0.2) is 18.2 Å². The van der Waals surface area contributed by atoms with E-state index in [2.05, 4.69) is 12.6 Å². The molecule has 86 valence electrons. The molecule has 1 fully saturated rings. The zero-order valence-electron chi connectivity index (χ0n) is 9.18. The highest BCUT2D eigenvalue weighted by atomic mass is 32.1. The summed E-state index contributed by atoms with van der Waals surface area (Å²) in [6.45, 7) is 2.63. The summed E-state index contributed by atoms with van der Waals surface area (Å²) in [5.41, 5.74) is 1.82. The Kier molecular flexibility index (Phi) is 3.10. The smallest absolute Gasteiger partial charge is 0.227 e. The van der Waals surface area contributed by atoms with Crippen molar-refractivity contribution in [1.29, 1.82) is 0 Å². The molecule has 3 nitrogen and oxygen atoms in total. The standard InChI is InChI=1S/C12H15NO2S/c1-8-4-10(14)2-3-11(8)13-6-9(7-16)5-12(13)15/h2-4,9,14,16H,5-7H2,1H3. The van der Waals surface area contributed by atoms with E-state index >= 15 is 0 Å². The summed E-state index contributed by atoms with van der Waals surface area (Å²) in [4.78, 5) is 13.6. The van der Waals surface area contributed by atoms with Crippen LogP contribution in [0.25, 0.3) is 0 Å². The first-order valence-electron chi connectivity index (χ1n) is 5.32. The number of phenols is 1. The lowest BCUT2D eigenvalue weighted by molar-refractivity contribution is -0.117. The van der Waals surface area contributed by atoms with Crippen molar-refractivity contribution in [1.82, 2.24) is 0 Å². The van der Waals surface area contributed by atoms with E-state index in [9.17, 15) is 9.90 Å². The third-order valence-electron chi connectivity index (χ3n) is 2.93. The van der Waals surface area contributed by atoms with E-state index < -0.39 is 0 Å². The molecule has 1 saturated heterocycles. The molecule has 1 heterocycles. The quantitative estimate of drug-likeness (QED) is 0.772. The molecule has 1 aliphatic heterocycles. The molecule has 1 amide bonds. The van der Waals surface area contributed by atoms with Gasteiger partial charge in [-0.25, -0.2) is 0 Å². The highest BCUT2D eigenvalue weighted by molar-refractivity contribution is 7.80. The van der Waals surface area contributed by atoms with Crippen LogP contribution in [-0.4, -0.2) is 23.3 Å². The largest absolute Gasteiger partial charge is 0.508 e. The zero-order chi connectivity index (χ0) is 11.7. The minimum atomic E-state index is 0.146. The number of aryl methyl sites for hydroxylation is 1. The average Bonchev–Trinajstić information content (AvgIpc) is 2.60. The summed E-state index contributed by atoms with van der Waals surface area (Å²) >= 11 is 4.23. The number of hydrogen-bond acceptors (Lipinski definition) is 3. The molecule has 1 aromatic carbocycles. The van der Waals surface area contributed by atoms with Crippen LogP contribution in [0.1, 0.15) is 12.0 Å². The van der Waals surface area contributed by atoms with Gasteiger partial charge in [-0.15, -0.1) is 0 Å². The van der Waals surface area contributed by atoms with Gasteiger partial charge in [0.2, 0.25) is 5.91 Å². The molecule has 4 heteroatoms. The number of nitrogens with zero attached hydrogens (tertiary/aromatic N) is 1. The highest BCUT2D eigenvalue weighted by Crippen LogP contribution is 2.30. The molecule has 1 N–H and O–H groups in total. The first kappa shape index (κ1) is 11.3. The molecule has 1 atom stereocenters. The molecule has 1 aliphatic rings. The van der Waals surface area contributed by atoms with E-state index in [1.165, 1.54) is 0 Å². The Morgan fingerprint density at radius 2 is 2.31 bits per heavy atom. The topological polar surface area (TPSA) is 40.5 Å². The third kappa shape index (κ3) is 2.02. The van der Waals surface area contributed by atoms with Crippen molar-refractivity contribution in [2.75, 3.05) is 17.2 Å². The molecule has 0 saturated carbocycles. The number of hydrogen-bond donors (Lipinski definition) is 2. The van der Waals surface area contributed by atoms with Gasteiger partial charge >= 0.3 is 0 Å². The lowest BCUT2D eigenvalue weighted by Gasteiger charge is -2.19. The summed E-state index contributed by atoms with van der Waals surface area (Å²) in [6.07, 6.45) is 0.573. The van der Waals surface area contributed by atoms with Gasteiger partial charge < -0.3 is 10.0 Å². The van der Waals surface area contributed by atoms with Crippen molar-refractivity contribution < 1.29 is 9.90 Å². The zero-order valence-corrected chi connectivity index (χ0v) is 10.1. The van der Waals surface area contributed by atoms with Crippen LogP contribution in [0.3, 0.4) is 0 Å². The van der Waals surface area contributed by atoms with E-state index in [4.69, 9.17) is 0 Å². The summed E-state index contributed by atoms with van der Waals surface area (Å²) in [6, 6.07) is 5.09. The predicted molar refractivity (Wildman–Crippen MR) is 67.2 cm³/mol. The average molecular weight is 237 g/mol. The molecule has 0 aliphatic carbocycles. The number of rotatable bonds is 2. The van der Waals surface area contributed by atoms with Gasteiger partial charge in [-0.1, -0.05) is 0 Å². The molecule has 0 aromatic heterocycles. The third-order valence-corrected chi connectivity index (χ3v) is 3.45. The number of benzene rings is 1. The Bertz CT molecular complexity index is 419. The van der Waals surface area contributed by atoms with Crippen LogP contribution in [0, 0.1) is 12.8 Å². The number of amides is 1. The monoisotopic (exact) mass is 237 g/mol. The lowest BCUT2D eigenvalue weighted by atomic mass is 10.1. The normalized spacial score (nSPS) is 20.5. The number of carbonyl (C=O) groups is 1. The number of aromatic hydroxyl groups is 1. The number of carbonyl (C=O) groups excluding carboxylic acids is 1. The van der Waals surface area contributed by atoms with Gasteiger partial charge in [0.05, 0.1) is 0 Å². The Hall–Kier alpha value is -1.16. The number of thiol groups is 1. The SMILES string of the molecule is Cc1cc(O)ccc1N1CC(CS)CC1=O. The van der Waals surface area contributed by atoms with Crippen LogP contribution >= 0.6 is 12.6 Å². The first-order valence-corrected chi connectivity index (χ1v) is 5.96. The van der Waals surface area contributed by atoms with Crippen LogP contribution < -0.4 is 4.90 Å². The van der Waals surface area contributed by atoms with Gasteiger partial charge in [-0.2, -0.15) is 12.6 Å². The van der Waals surface area contributed by atoms with Gasteiger partial charge in [0, 0.05) is 18.7 Å². The second-order valence-electron chi connectivity index (χ2n) is 4.23. The van der Waals surface area contributed by atoms with E-state index in [1.807, 2.05) is 6.92 Å². The Balaban J connectivity index is 2.28. The Morgan fingerprint density at radius 1 is 1.56 bits per heavy atom. The maximum Gasteiger partial charge on any atom is 0.227 e. The molecule has 1 unspecified atom stereocenters. The maximum absolute atomic E-state index is 11.8. The number of phenolic OH excluding ortho intramolecular Hbond substituents is 1. The fourth-order valence-electron chi connectivity index (χ4n) is 2.08. The van der Waals surface area contributed by atoms with Crippen LogP contribution in [-0.2, 0) is 4.79 Å². The molecule has 1 aromatic rings. The fourth-order valence-corrected chi connectivity index (χ4v) is 2.32. The van der Waals surface area contributed by atoms with E-state index in [-0.39, 0.29) is 11.7 Å². The maximum atomic E-state index is 11.8. The van der Waals surface area contributed by atoms with Gasteiger partial charge in [0.25, 0.3) is 0 Å². The number of anilines is 1. The second-order valence-corrected chi connectivity index (χ2v) is 4.59. The van der Waals surface area contributed by atoms with Crippen LogP contribution in [0.5, 0.6) is 5.75 Å². The van der Waals surface area contributed by atoms with Crippen molar-refractivity contribution in [3.8, 4) is 5.75 Å². The van der Waals surface area contributed by atoms with Crippen LogP contribution in [0.4, 0.5) is 5.69 Å². The van der Waals surface area contributed by atoms with E-state index in [0.717, 1.165) is 23.5 Å². The summed E-state index contributed by atoms with van der Waals surface area (Å²) in [7, 11) is 0. The molecule has 16 heavy (non-hydrogen) atoms. The highest BCUT2D eigenvalue weighted by Gasteiger charge is 2.30. The predicted octanol–water partition coefficient (Wildman–Crippen LogP) is 1.98. The molecule has 0 spiro atoms. The molecular formula is C12H15NO2S.